The summed E-state index contributed by atoms with van der Waals surface area (Å²) in [6.07, 6.45) is 5.46. The molecule has 0 atom stereocenters. The molecule has 0 heterocycles. The van der Waals surface area contributed by atoms with Gasteiger partial charge in [-0.1, -0.05) is 38.8 Å². The molecule has 0 amide bonds. The molecule has 15 heavy (non-hydrogen) atoms. The van der Waals surface area contributed by atoms with Crippen molar-refractivity contribution in [3.63, 3.8) is 0 Å². The summed E-state index contributed by atoms with van der Waals surface area (Å²) in [4.78, 5) is 0. The summed E-state index contributed by atoms with van der Waals surface area (Å²) in [5, 5.41) is 3.61. The molecule has 0 unspecified atom stereocenters. The lowest BCUT2D eigenvalue weighted by molar-refractivity contribution is 0.755. The van der Waals surface area contributed by atoms with Crippen molar-refractivity contribution in [2.75, 3.05) is 5.32 Å². The molecule has 1 N–H and O–H groups in total. The van der Waals surface area contributed by atoms with Crippen LogP contribution >= 0.6 is 0 Å². The van der Waals surface area contributed by atoms with Crippen LogP contribution in [0.2, 0.25) is 0 Å². The van der Waals surface area contributed by atoms with Crippen LogP contribution in [0.3, 0.4) is 0 Å². The number of nitrogens with one attached hydrogen (secondary N) is 1. The Hall–Kier alpha value is -0.980. The summed E-state index contributed by atoms with van der Waals surface area (Å²) in [7, 11) is 0. The van der Waals surface area contributed by atoms with Gasteiger partial charge in [0.1, 0.15) is 0 Å². The van der Waals surface area contributed by atoms with Crippen LogP contribution in [-0.2, 0) is 0 Å². The molecule has 1 aliphatic rings. The third-order valence-electron chi connectivity index (χ3n) is 3.30. The van der Waals surface area contributed by atoms with Gasteiger partial charge >= 0.3 is 0 Å². The monoisotopic (exact) mass is 203 g/mol. The van der Waals surface area contributed by atoms with Gasteiger partial charge in [-0.2, -0.15) is 0 Å². The topological polar surface area (TPSA) is 12.0 Å². The second-order valence-corrected chi connectivity index (χ2v) is 4.90. The van der Waals surface area contributed by atoms with E-state index in [2.05, 4.69) is 43.4 Å². The highest BCUT2D eigenvalue weighted by atomic mass is 14.9. The second kappa shape index (κ2) is 4.69. The molecule has 0 aromatic heterocycles. The lowest BCUT2D eigenvalue weighted by atomic mass is 10.0. The molecule has 1 saturated carbocycles. The van der Waals surface area contributed by atoms with Crippen molar-refractivity contribution in [2.45, 2.75) is 51.5 Å². The number of hydrogen-bond acceptors (Lipinski definition) is 1. The molecule has 2 rings (SSSR count). The fraction of sp³-hybridized carbons (Fsp3) is 0.571. The van der Waals surface area contributed by atoms with Gasteiger partial charge in [0.15, 0.2) is 0 Å². The molecule has 0 saturated heterocycles. The highest BCUT2D eigenvalue weighted by molar-refractivity contribution is 5.46. The van der Waals surface area contributed by atoms with Crippen molar-refractivity contribution in [1.29, 1.82) is 0 Å². The third-order valence-corrected chi connectivity index (χ3v) is 3.30. The van der Waals surface area contributed by atoms with Crippen molar-refractivity contribution in [3.05, 3.63) is 29.8 Å². The maximum Gasteiger partial charge on any atom is 0.0342 e. The fourth-order valence-corrected chi connectivity index (χ4v) is 2.27. The van der Waals surface area contributed by atoms with E-state index in [0.717, 1.165) is 6.04 Å². The molecule has 0 radical (unpaired) electrons. The lowest BCUT2D eigenvalue weighted by Crippen LogP contribution is -2.14. The van der Waals surface area contributed by atoms with Crippen molar-refractivity contribution >= 4 is 5.69 Å². The van der Waals surface area contributed by atoms with Crippen molar-refractivity contribution in [1.82, 2.24) is 0 Å². The van der Waals surface area contributed by atoms with Crippen LogP contribution in [-0.4, -0.2) is 6.04 Å². The zero-order valence-electron chi connectivity index (χ0n) is 9.79. The number of hydrogen-bond donors (Lipinski definition) is 1. The molecular formula is C14H21N. The van der Waals surface area contributed by atoms with Gasteiger partial charge in [0, 0.05) is 11.7 Å². The van der Waals surface area contributed by atoms with Gasteiger partial charge in [0.2, 0.25) is 0 Å². The Morgan fingerprint density at radius 1 is 1.07 bits per heavy atom. The average Bonchev–Trinajstić information content (AvgIpc) is 2.71. The highest BCUT2D eigenvalue weighted by Gasteiger charge is 2.14. The maximum atomic E-state index is 3.61. The Balaban J connectivity index is 1.97. The first kappa shape index (κ1) is 10.5. The molecular weight excluding hydrogens is 182 g/mol. The van der Waals surface area contributed by atoms with E-state index in [1.54, 1.807) is 0 Å². The largest absolute Gasteiger partial charge is 0.382 e. The van der Waals surface area contributed by atoms with Gasteiger partial charge in [-0.15, -0.1) is 0 Å². The van der Waals surface area contributed by atoms with Gasteiger partial charge in [-0.05, 0) is 36.5 Å². The molecule has 82 valence electrons. The van der Waals surface area contributed by atoms with Crippen molar-refractivity contribution in [2.24, 2.45) is 0 Å². The summed E-state index contributed by atoms with van der Waals surface area (Å²) in [6, 6.07) is 9.63. The molecule has 0 bridgehead atoms. The molecule has 1 heteroatoms. The van der Waals surface area contributed by atoms with Crippen LogP contribution in [0.1, 0.15) is 51.0 Å². The SMILES string of the molecule is CC(C)c1ccc(NC2CCCC2)cc1. The molecule has 1 nitrogen and oxygen atoms in total. The van der Waals surface area contributed by atoms with Crippen molar-refractivity contribution < 1.29 is 0 Å². The quantitative estimate of drug-likeness (QED) is 0.777. The highest BCUT2D eigenvalue weighted by Crippen LogP contribution is 2.23. The summed E-state index contributed by atoms with van der Waals surface area (Å²) in [5.41, 5.74) is 2.71. The van der Waals surface area contributed by atoms with Crippen LogP contribution in [0.25, 0.3) is 0 Å². The van der Waals surface area contributed by atoms with E-state index in [9.17, 15) is 0 Å². The smallest absolute Gasteiger partial charge is 0.0342 e. The Kier molecular flexibility index (Phi) is 3.30. The predicted octanol–water partition coefficient (Wildman–Crippen LogP) is 4.16. The van der Waals surface area contributed by atoms with Crippen LogP contribution in [0.15, 0.2) is 24.3 Å². The number of benzene rings is 1. The van der Waals surface area contributed by atoms with Gasteiger partial charge in [0.25, 0.3) is 0 Å². The van der Waals surface area contributed by atoms with E-state index in [0.29, 0.717) is 5.92 Å². The van der Waals surface area contributed by atoms with Crippen molar-refractivity contribution in [3.8, 4) is 0 Å². The minimum absolute atomic E-state index is 0.630. The van der Waals surface area contributed by atoms with E-state index in [-0.39, 0.29) is 0 Å². The van der Waals surface area contributed by atoms with Gasteiger partial charge in [-0.3, -0.25) is 0 Å². The number of anilines is 1. The first-order valence-corrected chi connectivity index (χ1v) is 6.12. The molecule has 1 aliphatic carbocycles. The maximum absolute atomic E-state index is 3.61. The molecule has 1 fully saturated rings. The standard InChI is InChI=1S/C14H21N/c1-11(2)12-7-9-14(10-8-12)15-13-5-3-4-6-13/h7-11,13,15H,3-6H2,1-2H3. The van der Waals surface area contributed by atoms with Gasteiger partial charge < -0.3 is 5.32 Å². The Morgan fingerprint density at radius 3 is 2.20 bits per heavy atom. The minimum Gasteiger partial charge on any atom is -0.382 e. The van der Waals surface area contributed by atoms with Crippen LogP contribution in [0.4, 0.5) is 5.69 Å². The summed E-state index contributed by atoms with van der Waals surface area (Å²) in [5.74, 6) is 0.630. The Morgan fingerprint density at radius 2 is 1.67 bits per heavy atom. The zero-order chi connectivity index (χ0) is 10.7. The third kappa shape index (κ3) is 2.74. The van der Waals surface area contributed by atoms with E-state index in [1.807, 2.05) is 0 Å². The average molecular weight is 203 g/mol. The second-order valence-electron chi connectivity index (χ2n) is 4.90. The molecule has 0 aliphatic heterocycles. The van der Waals surface area contributed by atoms with Crippen LogP contribution in [0.5, 0.6) is 0 Å². The van der Waals surface area contributed by atoms with Gasteiger partial charge in [-0.25, -0.2) is 0 Å². The molecule has 1 aromatic rings. The fourth-order valence-electron chi connectivity index (χ4n) is 2.27. The summed E-state index contributed by atoms with van der Waals surface area (Å²) < 4.78 is 0. The number of rotatable bonds is 3. The molecule has 0 spiro atoms. The first-order valence-electron chi connectivity index (χ1n) is 6.12. The molecule has 1 aromatic carbocycles. The minimum atomic E-state index is 0.630. The van der Waals surface area contributed by atoms with E-state index >= 15 is 0 Å². The first-order chi connectivity index (χ1) is 7.25. The Labute approximate surface area is 92.9 Å². The lowest BCUT2D eigenvalue weighted by Gasteiger charge is -2.14. The summed E-state index contributed by atoms with van der Waals surface area (Å²) in [6.45, 7) is 4.47. The Bertz CT molecular complexity index is 294. The normalized spacial score (nSPS) is 17.3. The zero-order valence-corrected chi connectivity index (χ0v) is 9.79. The van der Waals surface area contributed by atoms with E-state index < -0.39 is 0 Å². The van der Waals surface area contributed by atoms with Gasteiger partial charge in [0.05, 0.1) is 0 Å². The summed E-state index contributed by atoms with van der Waals surface area (Å²) >= 11 is 0. The van der Waals surface area contributed by atoms with E-state index in [1.165, 1.54) is 36.9 Å². The van der Waals surface area contributed by atoms with Crippen LogP contribution in [0, 0.1) is 0 Å². The van der Waals surface area contributed by atoms with Crippen LogP contribution < -0.4 is 5.32 Å². The predicted molar refractivity (Wildman–Crippen MR) is 66.4 cm³/mol. The van der Waals surface area contributed by atoms with E-state index in [4.69, 9.17) is 0 Å².